The second-order valence-electron chi connectivity index (χ2n) is 4.09. The van der Waals surface area contributed by atoms with Crippen molar-refractivity contribution in [3.8, 4) is 0 Å². The number of carbonyl (C=O) groups excluding carboxylic acids is 1. The van der Waals surface area contributed by atoms with Crippen molar-refractivity contribution in [2.24, 2.45) is 0 Å². The number of nitrogens with zero attached hydrogens (tertiary/aromatic N) is 1. The summed E-state index contributed by atoms with van der Waals surface area (Å²) in [6.07, 6.45) is -0.316. The summed E-state index contributed by atoms with van der Waals surface area (Å²) in [4.78, 5) is 14.5. The number of hydrogen-bond acceptors (Lipinski definition) is 3. The number of amides is 1. The van der Waals surface area contributed by atoms with E-state index < -0.39 is 0 Å². The van der Waals surface area contributed by atoms with E-state index in [1.54, 1.807) is 23.3 Å². The van der Waals surface area contributed by atoms with Crippen LogP contribution in [0.3, 0.4) is 0 Å². The second kappa shape index (κ2) is 6.73. The summed E-state index contributed by atoms with van der Waals surface area (Å²) in [6, 6.07) is 11.6. The molecule has 100 valence electrons. The minimum Gasteiger partial charge on any atom is -0.445 e. The molecule has 0 saturated heterocycles. The molecule has 19 heavy (non-hydrogen) atoms. The van der Waals surface area contributed by atoms with Gasteiger partial charge in [-0.15, -0.1) is 11.3 Å². The van der Waals surface area contributed by atoms with Gasteiger partial charge in [-0.1, -0.05) is 30.3 Å². The Labute approximate surface area is 124 Å². The fourth-order valence-electron chi connectivity index (χ4n) is 1.55. The molecule has 0 atom stereocenters. The molecular weight excluding hydrogens is 326 g/mol. The second-order valence-corrected chi connectivity index (χ2v) is 5.94. The Morgan fingerprint density at radius 2 is 2.05 bits per heavy atom. The molecule has 0 aliphatic rings. The molecule has 2 rings (SSSR count). The number of benzene rings is 1. The molecule has 0 saturated carbocycles. The standard InChI is InChI=1S/C14H14BrNO2S/c1-16(9-13-12(15)7-8-19-13)14(17)18-10-11-5-3-2-4-6-11/h2-8H,9-10H2,1H3. The maximum absolute atomic E-state index is 11.8. The molecule has 0 aliphatic heterocycles. The molecular formula is C14H14BrNO2S. The van der Waals surface area contributed by atoms with E-state index in [4.69, 9.17) is 4.74 Å². The van der Waals surface area contributed by atoms with Crippen molar-refractivity contribution in [3.05, 3.63) is 56.7 Å². The first-order valence-electron chi connectivity index (χ1n) is 5.80. The van der Waals surface area contributed by atoms with E-state index in [0.29, 0.717) is 13.2 Å². The third kappa shape index (κ3) is 4.08. The molecule has 0 N–H and O–H groups in total. The van der Waals surface area contributed by atoms with Gasteiger partial charge in [-0.3, -0.25) is 0 Å². The fraction of sp³-hybridized carbons (Fsp3) is 0.214. The number of carbonyl (C=O) groups is 1. The van der Waals surface area contributed by atoms with Gasteiger partial charge in [0, 0.05) is 16.4 Å². The summed E-state index contributed by atoms with van der Waals surface area (Å²) < 4.78 is 6.28. The Bertz CT molecular complexity index is 541. The Hall–Kier alpha value is -1.33. The lowest BCUT2D eigenvalue weighted by molar-refractivity contribution is 0.103. The van der Waals surface area contributed by atoms with Crippen molar-refractivity contribution in [1.29, 1.82) is 0 Å². The zero-order chi connectivity index (χ0) is 13.7. The first kappa shape index (κ1) is 14.1. The van der Waals surface area contributed by atoms with Crippen molar-refractivity contribution in [3.63, 3.8) is 0 Å². The SMILES string of the molecule is CN(Cc1sccc1Br)C(=O)OCc1ccccc1. The average molecular weight is 340 g/mol. The van der Waals surface area contributed by atoms with Gasteiger partial charge >= 0.3 is 6.09 Å². The van der Waals surface area contributed by atoms with E-state index in [9.17, 15) is 4.79 Å². The highest BCUT2D eigenvalue weighted by Gasteiger charge is 2.13. The summed E-state index contributed by atoms with van der Waals surface area (Å²) in [5.74, 6) is 0. The van der Waals surface area contributed by atoms with Gasteiger partial charge in [-0.05, 0) is 32.9 Å². The molecule has 1 aromatic heterocycles. The van der Waals surface area contributed by atoms with Crippen molar-refractivity contribution < 1.29 is 9.53 Å². The molecule has 1 heterocycles. The van der Waals surface area contributed by atoms with Crippen LogP contribution >= 0.6 is 27.3 Å². The Morgan fingerprint density at radius 1 is 1.32 bits per heavy atom. The van der Waals surface area contributed by atoms with Crippen LogP contribution in [0.25, 0.3) is 0 Å². The third-order valence-electron chi connectivity index (χ3n) is 2.59. The first-order valence-corrected chi connectivity index (χ1v) is 7.48. The van der Waals surface area contributed by atoms with Crippen LogP contribution < -0.4 is 0 Å². The Morgan fingerprint density at radius 3 is 2.68 bits per heavy atom. The van der Waals surface area contributed by atoms with E-state index in [1.165, 1.54) is 0 Å². The molecule has 1 aromatic carbocycles. The average Bonchev–Trinajstić information content (AvgIpc) is 2.82. The monoisotopic (exact) mass is 339 g/mol. The highest BCUT2D eigenvalue weighted by Crippen LogP contribution is 2.23. The molecule has 0 unspecified atom stereocenters. The summed E-state index contributed by atoms with van der Waals surface area (Å²) in [5.41, 5.74) is 0.988. The van der Waals surface area contributed by atoms with Crippen molar-refractivity contribution >= 4 is 33.4 Å². The first-order chi connectivity index (χ1) is 9.16. The molecule has 5 heteroatoms. The quantitative estimate of drug-likeness (QED) is 0.831. The summed E-state index contributed by atoms with van der Waals surface area (Å²) >= 11 is 5.06. The van der Waals surface area contributed by atoms with E-state index in [0.717, 1.165) is 14.9 Å². The maximum atomic E-state index is 11.8. The minimum atomic E-state index is -0.316. The van der Waals surface area contributed by atoms with Gasteiger partial charge in [-0.2, -0.15) is 0 Å². The van der Waals surface area contributed by atoms with Crippen LogP contribution in [-0.4, -0.2) is 18.0 Å². The van der Waals surface area contributed by atoms with Crippen LogP contribution in [0.4, 0.5) is 4.79 Å². The highest BCUT2D eigenvalue weighted by atomic mass is 79.9. The summed E-state index contributed by atoms with van der Waals surface area (Å²) in [5, 5.41) is 1.99. The maximum Gasteiger partial charge on any atom is 0.410 e. The third-order valence-corrected chi connectivity index (χ3v) is 4.50. The fourth-order valence-corrected chi connectivity index (χ4v) is 3.08. The molecule has 0 bridgehead atoms. The number of thiophene rings is 1. The normalized spacial score (nSPS) is 10.2. The number of hydrogen-bond donors (Lipinski definition) is 0. The summed E-state index contributed by atoms with van der Waals surface area (Å²) in [7, 11) is 1.74. The lowest BCUT2D eigenvalue weighted by atomic mass is 10.2. The van der Waals surface area contributed by atoms with Crippen LogP contribution in [0.2, 0.25) is 0 Å². The van der Waals surface area contributed by atoms with E-state index in [2.05, 4.69) is 15.9 Å². The predicted octanol–water partition coefficient (Wildman–Crippen LogP) is 4.28. The van der Waals surface area contributed by atoms with Gasteiger partial charge in [0.05, 0.1) is 6.54 Å². The van der Waals surface area contributed by atoms with Crippen molar-refractivity contribution in [2.75, 3.05) is 7.05 Å². The van der Waals surface area contributed by atoms with E-state index in [1.807, 2.05) is 41.8 Å². The van der Waals surface area contributed by atoms with Crippen LogP contribution in [0.5, 0.6) is 0 Å². The number of halogens is 1. The Balaban J connectivity index is 1.84. The van der Waals surface area contributed by atoms with Gasteiger partial charge < -0.3 is 9.64 Å². The molecule has 0 fully saturated rings. The molecule has 1 amide bonds. The van der Waals surface area contributed by atoms with Crippen LogP contribution in [0, 0.1) is 0 Å². The molecule has 0 radical (unpaired) electrons. The van der Waals surface area contributed by atoms with Crippen LogP contribution in [0.1, 0.15) is 10.4 Å². The van der Waals surface area contributed by atoms with Gasteiger partial charge in [0.25, 0.3) is 0 Å². The zero-order valence-electron chi connectivity index (χ0n) is 10.5. The lowest BCUT2D eigenvalue weighted by Gasteiger charge is -2.16. The van der Waals surface area contributed by atoms with Crippen molar-refractivity contribution in [1.82, 2.24) is 4.90 Å². The number of rotatable bonds is 4. The molecule has 0 aliphatic carbocycles. The molecule has 2 aromatic rings. The lowest BCUT2D eigenvalue weighted by Crippen LogP contribution is -2.26. The predicted molar refractivity (Wildman–Crippen MR) is 80.1 cm³/mol. The van der Waals surface area contributed by atoms with Crippen molar-refractivity contribution in [2.45, 2.75) is 13.2 Å². The number of ether oxygens (including phenoxy) is 1. The Kier molecular flexibility index (Phi) is 4.99. The molecule has 0 spiro atoms. The minimum absolute atomic E-state index is 0.301. The van der Waals surface area contributed by atoms with Gasteiger partial charge in [0.1, 0.15) is 6.61 Å². The topological polar surface area (TPSA) is 29.5 Å². The summed E-state index contributed by atoms with van der Waals surface area (Å²) in [6.45, 7) is 0.849. The van der Waals surface area contributed by atoms with Gasteiger partial charge in [0.15, 0.2) is 0 Å². The highest BCUT2D eigenvalue weighted by molar-refractivity contribution is 9.10. The van der Waals surface area contributed by atoms with Gasteiger partial charge in [0.2, 0.25) is 0 Å². The molecule has 3 nitrogen and oxygen atoms in total. The van der Waals surface area contributed by atoms with E-state index in [-0.39, 0.29) is 6.09 Å². The largest absolute Gasteiger partial charge is 0.445 e. The van der Waals surface area contributed by atoms with Crippen LogP contribution in [-0.2, 0) is 17.9 Å². The van der Waals surface area contributed by atoms with Crippen LogP contribution in [0.15, 0.2) is 46.3 Å². The zero-order valence-corrected chi connectivity index (χ0v) is 12.9. The van der Waals surface area contributed by atoms with Gasteiger partial charge in [-0.25, -0.2) is 4.79 Å². The smallest absolute Gasteiger partial charge is 0.410 e. The van der Waals surface area contributed by atoms with E-state index >= 15 is 0 Å².